The van der Waals surface area contributed by atoms with E-state index in [1.807, 2.05) is 0 Å². The van der Waals surface area contributed by atoms with E-state index in [1.54, 1.807) is 0 Å². The maximum absolute atomic E-state index is 10.8. The number of benzene rings is 1. The minimum Gasteiger partial charge on any atom is -0.480 e. The summed E-state index contributed by atoms with van der Waals surface area (Å²) in [4.78, 5) is 12.9. The minimum absolute atomic E-state index is 0.150. The number of aryl methyl sites for hydroxylation is 2. The number of hydrogen-bond acceptors (Lipinski definition) is 2. The van der Waals surface area contributed by atoms with Crippen molar-refractivity contribution >= 4 is 5.97 Å². The van der Waals surface area contributed by atoms with Gasteiger partial charge in [0.15, 0.2) is 0 Å². The molecule has 1 aliphatic heterocycles. The molecular weight excluding hydrogens is 214 g/mol. The lowest BCUT2D eigenvalue weighted by Crippen LogP contribution is -2.29. The summed E-state index contributed by atoms with van der Waals surface area (Å²) in [5.74, 6) is -0.735. The van der Waals surface area contributed by atoms with Crippen LogP contribution in [0.5, 0.6) is 0 Å². The van der Waals surface area contributed by atoms with Gasteiger partial charge in [0.25, 0.3) is 0 Å². The first-order chi connectivity index (χ1) is 8.08. The monoisotopic (exact) mass is 233 g/mol. The highest BCUT2D eigenvalue weighted by atomic mass is 16.4. The van der Waals surface area contributed by atoms with E-state index in [1.165, 1.54) is 16.7 Å². The van der Waals surface area contributed by atoms with Crippen LogP contribution in [-0.4, -0.2) is 29.1 Å². The Morgan fingerprint density at radius 2 is 2.18 bits per heavy atom. The van der Waals surface area contributed by atoms with Crippen LogP contribution in [0.1, 0.15) is 35.6 Å². The van der Waals surface area contributed by atoms with Gasteiger partial charge in [-0.25, -0.2) is 0 Å². The largest absolute Gasteiger partial charge is 0.480 e. The fourth-order valence-electron chi connectivity index (χ4n) is 2.54. The van der Waals surface area contributed by atoms with Crippen LogP contribution < -0.4 is 0 Å². The van der Waals surface area contributed by atoms with Gasteiger partial charge in [0.05, 0.1) is 6.54 Å². The summed E-state index contributed by atoms with van der Waals surface area (Å²) in [6.07, 6.45) is 2.15. The lowest BCUT2D eigenvalue weighted by atomic mass is 9.99. The molecule has 3 nitrogen and oxygen atoms in total. The van der Waals surface area contributed by atoms with Crippen LogP contribution in [0, 0.1) is 13.8 Å². The van der Waals surface area contributed by atoms with Gasteiger partial charge in [0, 0.05) is 6.04 Å². The average Bonchev–Trinajstić information content (AvgIpc) is 2.69. The normalized spacial score (nSPS) is 20.7. The Bertz CT molecular complexity index is 428. The molecule has 92 valence electrons. The fourth-order valence-corrected chi connectivity index (χ4v) is 2.54. The van der Waals surface area contributed by atoms with Crippen molar-refractivity contribution in [1.82, 2.24) is 4.90 Å². The molecule has 0 aromatic heterocycles. The summed E-state index contributed by atoms with van der Waals surface area (Å²) in [7, 11) is 0. The maximum Gasteiger partial charge on any atom is 0.317 e. The van der Waals surface area contributed by atoms with Gasteiger partial charge in [0.2, 0.25) is 0 Å². The van der Waals surface area contributed by atoms with E-state index in [0.717, 1.165) is 19.4 Å². The molecule has 1 fully saturated rings. The molecule has 1 N–H and O–H groups in total. The zero-order valence-corrected chi connectivity index (χ0v) is 10.4. The van der Waals surface area contributed by atoms with E-state index >= 15 is 0 Å². The summed E-state index contributed by atoms with van der Waals surface area (Å²) < 4.78 is 0. The van der Waals surface area contributed by atoms with E-state index in [9.17, 15) is 4.79 Å². The number of carboxylic acid groups (broad SMARTS) is 1. The van der Waals surface area contributed by atoms with Crippen molar-refractivity contribution in [2.24, 2.45) is 0 Å². The van der Waals surface area contributed by atoms with Crippen LogP contribution in [0.15, 0.2) is 18.2 Å². The van der Waals surface area contributed by atoms with Crippen LogP contribution in [0.2, 0.25) is 0 Å². The van der Waals surface area contributed by atoms with Crippen molar-refractivity contribution in [1.29, 1.82) is 0 Å². The maximum atomic E-state index is 10.8. The number of nitrogens with zero attached hydrogens (tertiary/aromatic N) is 1. The van der Waals surface area contributed by atoms with E-state index in [-0.39, 0.29) is 12.6 Å². The van der Waals surface area contributed by atoms with Crippen molar-refractivity contribution < 1.29 is 9.90 Å². The SMILES string of the molecule is Cc1ccc([C@@H]2CCCN2CC(=O)O)cc1C. The Kier molecular flexibility index (Phi) is 3.48. The number of rotatable bonds is 3. The molecule has 1 aliphatic rings. The predicted molar refractivity (Wildman–Crippen MR) is 67.1 cm³/mol. The molecule has 1 aromatic rings. The second kappa shape index (κ2) is 4.88. The lowest BCUT2D eigenvalue weighted by molar-refractivity contribution is -0.138. The van der Waals surface area contributed by atoms with Gasteiger partial charge in [-0.15, -0.1) is 0 Å². The summed E-state index contributed by atoms with van der Waals surface area (Å²) in [5.41, 5.74) is 3.83. The van der Waals surface area contributed by atoms with E-state index in [2.05, 4.69) is 36.9 Å². The van der Waals surface area contributed by atoms with Crippen LogP contribution >= 0.6 is 0 Å². The quantitative estimate of drug-likeness (QED) is 0.872. The smallest absolute Gasteiger partial charge is 0.317 e. The van der Waals surface area contributed by atoms with Gasteiger partial charge in [-0.05, 0) is 49.9 Å². The highest BCUT2D eigenvalue weighted by Gasteiger charge is 2.27. The Hall–Kier alpha value is -1.35. The molecule has 0 aliphatic carbocycles. The van der Waals surface area contributed by atoms with Gasteiger partial charge in [-0.2, -0.15) is 0 Å². The third-order valence-corrected chi connectivity index (χ3v) is 3.62. The third-order valence-electron chi connectivity index (χ3n) is 3.62. The highest BCUT2D eigenvalue weighted by molar-refractivity contribution is 5.69. The molecule has 0 spiro atoms. The van der Waals surface area contributed by atoms with Gasteiger partial charge < -0.3 is 5.11 Å². The second-order valence-corrected chi connectivity index (χ2v) is 4.87. The number of hydrogen-bond donors (Lipinski definition) is 1. The summed E-state index contributed by atoms with van der Waals surface area (Å²) in [6.45, 7) is 5.25. The standard InChI is InChI=1S/C14H19NO2/c1-10-5-6-12(8-11(10)2)13-4-3-7-15(13)9-14(16)17/h5-6,8,13H,3-4,7,9H2,1-2H3,(H,16,17)/t13-/m0/s1. The molecule has 0 amide bonds. The van der Waals surface area contributed by atoms with Crippen LogP contribution in [0.25, 0.3) is 0 Å². The summed E-state index contributed by atoms with van der Waals surface area (Å²) in [5, 5.41) is 8.90. The summed E-state index contributed by atoms with van der Waals surface area (Å²) >= 11 is 0. The Balaban J connectivity index is 2.20. The van der Waals surface area contributed by atoms with Gasteiger partial charge in [-0.1, -0.05) is 18.2 Å². The summed E-state index contributed by atoms with van der Waals surface area (Å²) in [6, 6.07) is 6.74. The third kappa shape index (κ3) is 2.67. The molecule has 2 rings (SSSR count). The molecular formula is C14H19NO2. The topological polar surface area (TPSA) is 40.5 Å². The molecule has 3 heteroatoms. The van der Waals surface area contributed by atoms with Crippen LogP contribution in [0.3, 0.4) is 0 Å². The van der Waals surface area contributed by atoms with Crippen LogP contribution in [-0.2, 0) is 4.79 Å². The first kappa shape index (κ1) is 12.1. The van der Waals surface area contributed by atoms with Gasteiger partial charge in [0.1, 0.15) is 0 Å². The zero-order valence-electron chi connectivity index (χ0n) is 10.4. The molecule has 1 aromatic carbocycles. The zero-order chi connectivity index (χ0) is 12.4. The minimum atomic E-state index is -0.735. The van der Waals surface area contributed by atoms with Crippen molar-refractivity contribution in [3.8, 4) is 0 Å². The van der Waals surface area contributed by atoms with Gasteiger partial charge >= 0.3 is 5.97 Å². The lowest BCUT2D eigenvalue weighted by Gasteiger charge is -2.23. The van der Waals surface area contributed by atoms with Crippen molar-refractivity contribution in [3.63, 3.8) is 0 Å². The first-order valence-electron chi connectivity index (χ1n) is 6.11. The molecule has 1 saturated heterocycles. The first-order valence-corrected chi connectivity index (χ1v) is 6.11. The highest BCUT2D eigenvalue weighted by Crippen LogP contribution is 2.32. The van der Waals surface area contributed by atoms with Crippen molar-refractivity contribution in [3.05, 3.63) is 34.9 Å². The fraction of sp³-hybridized carbons (Fsp3) is 0.500. The molecule has 0 radical (unpaired) electrons. The number of carboxylic acids is 1. The molecule has 0 saturated carbocycles. The van der Waals surface area contributed by atoms with Crippen molar-refractivity contribution in [2.75, 3.05) is 13.1 Å². The Labute approximate surface area is 102 Å². The number of aliphatic carboxylic acids is 1. The Morgan fingerprint density at radius 1 is 1.41 bits per heavy atom. The molecule has 1 atom stereocenters. The van der Waals surface area contributed by atoms with E-state index in [0.29, 0.717) is 0 Å². The van der Waals surface area contributed by atoms with Crippen LogP contribution in [0.4, 0.5) is 0 Å². The van der Waals surface area contributed by atoms with Crippen molar-refractivity contribution in [2.45, 2.75) is 32.7 Å². The number of carbonyl (C=O) groups is 1. The molecule has 0 unspecified atom stereocenters. The molecule has 1 heterocycles. The number of likely N-dealkylation sites (tertiary alicyclic amines) is 1. The van der Waals surface area contributed by atoms with Gasteiger partial charge in [-0.3, -0.25) is 9.69 Å². The molecule has 17 heavy (non-hydrogen) atoms. The van der Waals surface area contributed by atoms with E-state index < -0.39 is 5.97 Å². The second-order valence-electron chi connectivity index (χ2n) is 4.87. The van der Waals surface area contributed by atoms with E-state index in [4.69, 9.17) is 5.11 Å². The molecule has 0 bridgehead atoms. The Morgan fingerprint density at radius 3 is 2.82 bits per heavy atom. The predicted octanol–water partition coefficient (Wildman–Crippen LogP) is 2.52. The average molecular weight is 233 g/mol.